The van der Waals surface area contributed by atoms with Crippen LogP contribution in [-0.4, -0.2) is 56.8 Å². The average Bonchev–Trinajstić information content (AvgIpc) is 3.55. The van der Waals surface area contributed by atoms with Crippen molar-refractivity contribution in [2.75, 3.05) is 7.11 Å². The summed E-state index contributed by atoms with van der Waals surface area (Å²) < 4.78 is 18.3. The first-order chi connectivity index (χ1) is 22.4. The van der Waals surface area contributed by atoms with Crippen LogP contribution in [0.3, 0.4) is 0 Å². The summed E-state index contributed by atoms with van der Waals surface area (Å²) in [6, 6.07) is 7.09. The molecule has 0 unspecified atom stereocenters. The van der Waals surface area contributed by atoms with E-state index in [0.29, 0.717) is 5.56 Å². The number of allylic oxidation sites excluding steroid dienone is 2. The maximum atomic E-state index is 14.2. The standard InChI is InChI=1S/C33H20ClFN2O10/c1-46-18-9-17(38)20-21(26(18)39)28(41)23-22(27(20)40)30(43)33(31(23)44)6-5-15-24(33)29(42)19-16(25(15)34)8-14(37-32(19)45)10-36-47-11-12-3-2-4-13(35)7-12/h2-4,7-10,40-42H,5-6,11H2,1H3,(H,37,45)/b36-10+/t33-/m0/s1. The molecule has 0 saturated carbocycles. The van der Waals surface area contributed by atoms with Crippen molar-refractivity contribution in [1.29, 1.82) is 0 Å². The van der Waals surface area contributed by atoms with E-state index in [4.69, 9.17) is 21.2 Å². The molecule has 4 N–H and O–H groups in total. The predicted octanol–water partition coefficient (Wildman–Crippen LogP) is 4.16. The number of rotatable bonds is 5. The smallest absolute Gasteiger partial charge is 0.260 e. The molecule has 3 aliphatic rings. The number of aromatic hydroxyl groups is 3. The highest BCUT2D eigenvalue weighted by Gasteiger charge is 2.62. The van der Waals surface area contributed by atoms with Gasteiger partial charge < -0.3 is 29.9 Å². The number of nitrogens with one attached hydrogen (secondary N) is 1. The highest BCUT2D eigenvalue weighted by atomic mass is 35.5. The fraction of sp³-hybridized carbons (Fsp3) is 0.152. The summed E-state index contributed by atoms with van der Waals surface area (Å²) in [4.78, 5) is 75.2. The third kappa shape index (κ3) is 3.99. The van der Waals surface area contributed by atoms with Gasteiger partial charge in [-0.1, -0.05) is 28.9 Å². The summed E-state index contributed by atoms with van der Waals surface area (Å²) in [7, 11) is 1.11. The zero-order chi connectivity index (χ0) is 33.5. The quantitative estimate of drug-likeness (QED) is 0.105. The van der Waals surface area contributed by atoms with Crippen LogP contribution in [0.1, 0.15) is 70.2 Å². The van der Waals surface area contributed by atoms with E-state index in [-0.39, 0.29) is 52.1 Å². The van der Waals surface area contributed by atoms with Gasteiger partial charge in [0.25, 0.3) is 5.56 Å². The Labute approximate surface area is 267 Å². The zero-order valence-corrected chi connectivity index (χ0v) is 24.8. The molecule has 0 saturated heterocycles. The largest absolute Gasteiger partial charge is 0.507 e. The Bertz CT molecular complexity index is 2310. The van der Waals surface area contributed by atoms with E-state index in [1.165, 1.54) is 30.5 Å². The second kappa shape index (κ2) is 10.4. The summed E-state index contributed by atoms with van der Waals surface area (Å²) >= 11 is 6.76. The Morgan fingerprint density at radius 2 is 1.70 bits per heavy atom. The lowest BCUT2D eigenvalue weighted by atomic mass is 9.76. The number of oxime groups is 1. The minimum atomic E-state index is -2.24. The molecule has 0 radical (unpaired) electrons. The van der Waals surface area contributed by atoms with Crippen molar-refractivity contribution in [3.8, 4) is 17.2 Å². The SMILES string of the molecule is COC1=CC(=O)c2c(O)c3c(c(O)c2C1=O)C(=O)[C@]1(CCc2c1c(O)c1c(=O)[nH]c(/C=N/OCc4cccc(F)c4)cc1c2Cl)C3=O. The molecule has 4 aromatic rings. The van der Waals surface area contributed by atoms with Crippen LogP contribution in [0, 0.1) is 5.82 Å². The number of nitrogens with zero attached hydrogens (tertiary/aromatic N) is 1. The molecule has 1 aromatic heterocycles. The van der Waals surface area contributed by atoms with E-state index in [1.807, 2.05) is 0 Å². The van der Waals surface area contributed by atoms with Crippen LogP contribution < -0.4 is 5.56 Å². The van der Waals surface area contributed by atoms with Crippen molar-refractivity contribution in [3.63, 3.8) is 0 Å². The zero-order valence-electron chi connectivity index (χ0n) is 24.1. The van der Waals surface area contributed by atoms with Crippen molar-refractivity contribution in [1.82, 2.24) is 4.98 Å². The number of ether oxygens (including phenoxy) is 1. The van der Waals surface area contributed by atoms with Crippen LogP contribution in [0.25, 0.3) is 10.8 Å². The Hall–Kier alpha value is -5.82. The molecule has 1 spiro atoms. The average molecular weight is 659 g/mol. The summed E-state index contributed by atoms with van der Waals surface area (Å²) in [5.41, 5.74) is -5.34. The lowest BCUT2D eigenvalue weighted by Crippen LogP contribution is -2.36. The molecule has 0 bridgehead atoms. The number of ketones is 4. The second-order valence-electron chi connectivity index (χ2n) is 11.2. The van der Waals surface area contributed by atoms with Gasteiger partial charge in [0.1, 0.15) is 35.1 Å². The first-order valence-electron chi connectivity index (χ1n) is 14.0. The van der Waals surface area contributed by atoms with Crippen LogP contribution in [0.5, 0.6) is 17.2 Å². The minimum Gasteiger partial charge on any atom is -0.507 e. The maximum absolute atomic E-state index is 14.2. The van der Waals surface area contributed by atoms with Crippen molar-refractivity contribution < 1.29 is 48.5 Å². The number of aromatic amines is 1. The molecular formula is C33H20ClFN2O10. The fourth-order valence-corrected chi connectivity index (χ4v) is 7.04. The van der Waals surface area contributed by atoms with Gasteiger partial charge in [-0.15, -0.1) is 0 Å². The Kier molecular flexibility index (Phi) is 6.58. The maximum Gasteiger partial charge on any atom is 0.260 e. The van der Waals surface area contributed by atoms with Gasteiger partial charge in [-0.2, -0.15) is 0 Å². The molecule has 236 valence electrons. The number of hydrogen-bond acceptors (Lipinski definition) is 11. The Balaban J connectivity index is 1.33. The van der Waals surface area contributed by atoms with Gasteiger partial charge in [-0.3, -0.25) is 24.0 Å². The molecule has 1 atom stereocenters. The number of phenolic OH excluding ortho intramolecular Hbond substituents is 3. The lowest BCUT2D eigenvalue weighted by Gasteiger charge is -2.23. The van der Waals surface area contributed by atoms with E-state index in [0.717, 1.165) is 13.2 Å². The van der Waals surface area contributed by atoms with Gasteiger partial charge in [-0.25, -0.2) is 4.39 Å². The van der Waals surface area contributed by atoms with Crippen LogP contribution in [0.15, 0.2) is 52.1 Å². The van der Waals surface area contributed by atoms with Gasteiger partial charge in [0.2, 0.25) is 5.78 Å². The van der Waals surface area contributed by atoms with E-state index in [9.17, 15) is 43.7 Å². The number of benzene rings is 3. The molecule has 0 aliphatic heterocycles. The molecule has 0 fully saturated rings. The fourth-order valence-electron chi connectivity index (χ4n) is 6.70. The molecule has 3 aliphatic carbocycles. The summed E-state index contributed by atoms with van der Waals surface area (Å²) in [5.74, 6) is -7.63. The summed E-state index contributed by atoms with van der Waals surface area (Å²) in [5, 5.41) is 37.3. The number of fused-ring (bicyclic) bond motifs is 5. The number of phenols is 3. The number of carbonyl (C=O) groups excluding carboxylic acids is 4. The van der Waals surface area contributed by atoms with Gasteiger partial charge >= 0.3 is 0 Å². The Morgan fingerprint density at radius 3 is 2.38 bits per heavy atom. The number of aromatic nitrogens is 1. The van der Waals surface area contributed by atoms with Gasteiger partial charge in [0, 0.05) is 17.0 Å². The lowest BCUT2D eigenvalue weighted by molar-refractivity contribution is 0.0790. The van der Waals surface area contributed by atoms with Crippen LogP contribution in [0.4, 0.5) is 4.39 Å². The van der Waals surface area contributed by atoms with Crippen molar-refractivity contribution in [3.05, 3.63) is 108 Å². The third-order valence-corrected chi connectivity index (χ3v) is 9.18. The second-order valence-corrected chi connectivity index (χ2v) is 11.5. The molecule has 3 aromatic carbocycles. The number of halogens is 2. The highest BCUT2D eigenvalue weighted by Crippen LogP contribution is 2.58. The van der Waals surface area contributed by atoms with Crippen molar-refractivity contribution >= 4 is 51.7 Å². The number of carbonyl (C=O) groups is 4. The molecule has 12 nitrogen and oxygen atoms in total. The minimum absolute atomic E-state index is 0.0371. The Morgan fingerprint density at radius 1 is 1.00 bits per heavy atom. The topological polar surface area (TPSA) is 193 Å². The van der Waals surface area contributed by atoms with Gasteiger partial charge in [0.05, 0.1) is 51.7 Å². The summed E-state index contributed by atoms with van der Waals surface area (Å²) in [6.07, 6.45) is 1.65. The van der Waals surface area contributed by atoms with Crippen LogP contribution in [0.2, 0.25) is 5.02 Å². The normalized spacial score (nSPS) is 18.2. The first-order valence-corrected chi connectivity index (χ1v) is 14.4. The number of hydrogen-bond donors (Lipinski definition) is 4. The predicted molar refractivity (Wildman–Crippen MR) is 162 cm³/mol. The van der Waals surface area contributed by atoms with Crippen molar-refractivity contribution in [2.24, 2.45) is 5.16 Å². The number of pyridine rings is 1. The van der Waals surface area contributed by atoms with Crippen molar-refractivity contribution in [2.45, 2.75) is 24.9 Å². The van der Waals surface area contributed by atoms with E-state index in [1.54, 1.807) is 6.07 Å². The highest BCUT2D eigenvalue weighted by molar-refractivity contribution is 6.41. The van der Waals surface area contributed by atoms with Crippen LogP contribution >= 0.6 is 11.6 Å². The first kappa shape index (κ1) is 29.9. The van der Waals surface area contributed by atoms with Gasteiger partial charge in [-0.05, 0) is 42.2 Å². The number of methoxy groups -OCH3 is 1. The van der Waals surface area contributed by atoms with Gasteiger partial charge in [0.15, 0.2) is 23.1 Å². The molecule has 0 amide bonds. The summed E-state index contributed by atoms with van der Waals surface area (Å²) in [6.45, 7) is -0.0614. The molecule has 47 heavy (non-hydrogen) atoms. The van der Waals surface area contributed by atoms with E-state index in [2.05, 4.69) is 10.1 Å². The molecule has 1 heterocycles. The molecule has 7 rings (SSSR count). The van der Waals surface area contributed by atoms with Crippen LogP contribution in [-0.2, 0) is 28.0 Å². The van der Waals surface area contributed by atoms with E-state index < -0.39 is 85.2 Å². The molecule has 14 heteroatoms. The number of H-pyrrole nitrogens is 1. The third-order valence-electron chi connectivity index (χ3n) is 8.75. The van der Waals surface area contributed by atoms with E-state index >= 15 is 0 Å². The monoisotopic (exact) mass is 658 g/mol. The molecular weight excluding hydrogens is 639 g/mol. The number of Topliss-reactive ketones (excluding diaryl/α,β-unsaturated/α-hetero) is 3.